The number of nitrogens with two attached hydrogens (primary N) is 1. The summed E-state index contributed by atoms with van der Waals surface area (Å²) in [7, 11) is 0. The molecular formula is C14H15BrN4O. The molecule has 1 amide bonds. The van der Waals surface area contributed by atoms with Gasteiger partial charge in [-0.3, -0.25) is 9.78 Å². The van der Waals surface area contributed by atoms with Crippen LogP contribution in [0.3, 0.4) is 0 Å². The summed E-state index contributed by atoms with van der Waals surface area (Å²) in [5, 5.41) is 2.82. The van der Waals surface area contributed by atoms with E-state index in [0.29, 0.717) is 16.6 Å². The number of carbonyl (C=O) groups excluding carboxylic acids is 1. The van der Waals surface area contributed by atoms with Gasteiger partial charge in [-0.2, -0.15) is 0 Å². The van der Waals surface area contributed by atoms with Gasteiger partial charge in [-0.15, -0.1) is 0 Å². The molecule has 5 nitrogen and oxygen atoms in total. The van der Waals surface area contributed by atoms with Gasteiger partial charge < -0.3 is 11.1 Å². The van der Waals surface area contributed by atoms with Gasteiger partial charge in [0, 0.05) is 16.9 Å². The molecule has 6 heteroatoms. The lowest BCUT2D eigenvalue weighted by atomic mass is 10.1. The molecule has 0 aliphatic heterocycles. The quantitative estimate of drug-likeness (QED) is 0.898. The molecule has 0 aliphatic rings. The summed E-state index contributed by atoms with van der Waals surface area (Å²) in [5.41, 5.74) is 8.05. The zero-order chi connectivity index (χ0) is 14.5. The summed E-state index contributed by atoms with van der Waals surface area (Å²) in [6, 6.07) is 5.54. The minimum atomic E-state index is -0.260. The van der Waals surface area contributed by atoms with E-state index < -0.39 is 0 Å². The van der Waals surface area contributed by atoms with E-state index in [2.05, 4.69) is 38.1 Å². The third-order valence-corrected chi connectivity index (χ3v) is 3.35. The van der Waals surface area contributed by atoms with Crippen molar-refractivity contribution in [2.24, 2.45) is 0 Å². The molecule has 0 aromatic carbocycles. The van der Waals surface area contributed by atoms with E-state index in [-0.39, 0.29) is 11.7 Å². The average molecular weight is 335 g/mol. The van der Waals surface area contributed by atoms with Crippen LogP contribution in [0.2, 0.25) is 0 Å². The van der Waals surface area contributed by atoms with E-state index in [1.807, 2.05) is 12.1 Å². The number of carbonyl (C=O) groups is 1. The maximum atomic E-state index is 12.1. The predicted molar refractivity (Wildman–Crippen MR) is 81.1 cm³/mol. The third-order valence-electron chi connectivity index (χ3n) is 2.91. The first-order valence-corrected chi connectivity index (χ1v) is 7.03. The fourth-order valence-corrected chi connectivity index (χ4v) is 2.17. The molecule has 2 heterocycles. The van der Waals surface area contributed by atoms with Crippen LogP contribution in [0.4, 0.5) is 5.82 Å². The first-order chi connectivity index (χ1) is 9.61. The molecular weight excluding hydrogens is 320 g/mol. The van der Waals surface area contributed by atoms with Crippen molar-refractivity contribution in [3.63, 3.8) is 0 Å². The van der Waals surface area contributed by atoms with Gasteiger partial charge in [-0.1, -0.05) is 13.0 Å². The second kappa shape index (κ2) is 6.47. The molecule has 0 fully saturated rings. The molecule has 0 aliphatic carbocycles. The van der Waals surface area contributed by atoms with Gasteiger partial charge in [0.2, 0.25) is 0 Å². The number of halogens is 1. The van der Waals surface area contributed by atoms with E-state index >= 15 is 0 Å². The molecule has 104 valence electrons. The van der Waals surface area contributed by atoms with Gasteiger partial charge in [0.05, 0.1) is 17.8 Å². The van der Waals surface area contributed by atoms with E-state index in [1.54, 1.807) is 18.5 Å². The number of hydrogen-bond acceptors (Lipinski definition) is 4. The van der Waals surface area contributed by atoms with Gasteiger partial charge in [0.15, 0.2) is 0 Å². The lowest BCUT2D eigenvalue weighted by molar-refractivity contribution is 0.0951. The minimum absolute atomic E-state index is 0.211. The Bertz CT molecular complexity index is 630. The van der Waals surface area contributed by atoms with E-state index in [4.69, 9.17) is 5.73 Å². The maximum Gasteiger partial charge on any atom is 0.255 e. The largest absolute Gasteiger partial charge is 0.383 e. The summed E-state index contributed by atoms with van der Waals surface area (Å²) in [6.45, 7) is 2.42. The second-order valence-corrected chi connectivity index (χ2v) is 5.15. The summed E-state index contributed by atoms with van der Waals surface area (Å²) in [4.78, 5) is 20.3. The first-order valence-electron chi connectivity index (χ1n) is 6.23. The zero-order valence-corrected chi connectivity index (χ0v) is 12.6. The van der Waals surface area contributed by atoms with Gasteiger partial charge >= 0.3 is 0 Å². The number of pyridine rings is 2. The molecule has 0 atom stereocenters. The molecule has 0 saturated heterocycles. The number of aromatic nitrogens is 2. The van der Waals surface area contributed by atoms with Crippen molar-refractivity contribution >= 4 is 27.7 Å². The highest BCUT2D eigenvalue weighted by Crippen LogP contribution is 2.15. The lowest BCUT2D eigenvalue weighted by Crippen LogP contribution is -2.25. The van der Waals surface area contributed by atoms with Crippen molar-refractivity contribution in [2.45, 2.75) is 19.9 Å². The monoisotopic (exact) mass is 334 g/mol. The van der Waals surface area contributed by atoms with E-state index in [9.17, 15) is 4.79 Å². The Morgan fingerprint density at radius 1 is 1.45 bits per heavy atom. The standard InChI is InChI=1S/C14H15BrN4O/c1-2-9-4-3-5-17-12(9)8-19-14(20)11-6-10(15)7-18-13(11)16/h3-7H,2,8H2,1H3,(H2,16,18)(H,19,20). The summed E-state index contributed by atoms with van der Waals surface area (Å²) in [6.07, 6.45) is 4.15. The SMILES string of the molecule is CCc1cccnc1CNC(=O)c1cc(Br)cnc1N. The molecule has 2 rings (SSSR count). The number of nitrogen functional groups attached to an aromatic ring is 1. The molecule has 0 spiro atoms. The smallest absolute Gasteiger partial charge is 0.255 e. The van der Waals surface area contributed by atoms with E-state index in [0.717, 1.165) is 17.7 Å². The van der Waals surface area contributed by atoms with Crippen LogP contribution in [-0.2, 0) is 13.0 Å². The highest BCUT2D eigenvalue weighted by atomic mass is 79.9. The molecule has 0 radical (unpaired) electrons. The van der Waals surface area contributed by atoms with Crippen molar-refractivity contribution in [3.8, 4) is 0 Å². The molecule has 2 aromatic rings. The second-order valence-electron chi connectivity index (χ2n) is 4.23. The number of nitrogens with zero attached hydrogens (tertiary/aromatic N) is 2. The van der Waals surface area contributed by atoms with E-state index in [1.165, 1.54) is 0 Å². The fraction of sp³-hybridized carbons (Fsp3) is 0.214. The summed E-state index contributed by atoms with van der Waals surface area (Å²) in [5.74, 6) is -0.0496. The van der Waals surface area contributed by atoms with Crippen molar-refractivity contribution in [1.82, 2.24) is 15.3 Å². The molecule has 20 heavy (non-hydrogen) atoms. The Labute approximate surface area is 125 Å². The van der Waals surface area contributed by atoms with Crippen molar-refractivity contribution in [1.29, 1.82) is 0 Å². The molecule has 0 unspecified atom stereocenters. The van der Waals surface area contributed by atoms with Crippen molar-refractivity contribution in [3.05, 3.63) is 51.9 Å². The highest BCUT2D eigenvalue weighted by molar-refractivity contribution is 9.10. The van der Waals surface area contributed by atoms with Gasteiger partial charge in [-0.05, 0) is 40.0 Å². The van der Waals surface area contributed by atoms with Gasteiger partial charge in [0.1, 0.15) is 5.82 Å². The van der Waals surface area contributed by atoms with Crippen LogP contribution in [0.5, 0.6) is 0 Å². The van der Waals surface area contributed by atoms with Crippen LogP contribution in [0, 0.1) is 0 Å². The maximum absolute atomic E-state index is 12.1. The molecule has 2 aromatic heterocycles. The van der Waals surface area contributed by atoms with Crippen LogP contribution in [0.25, 0.3) is 0 Å². The third kappa shape index (κ3) is 3.33. The first kappa shape index (κ1) is 14.5. The number of aryl methyl sites for hydroxylation is 1. The molecule has 3 N–H and O–H groups in total. The highest BCUT2D eigenvalue weighted by Gasteiger charge is 2.12. The Balaban J connectivity index is 2.11. The number of hydrogen-bond donors (Lipinski definition) is 2. The van der Waals surface area contributed by atoms with Crippen LogP contribution in [0.1, 0.15) is 28.5 Å². The van der Waals surface area contributed by atoms with Gasteiger partial charge in [-0.25, -0.2) is 4.98 Å². The number of rotatable bonds is 4. The molecule has 0 bridgehead atoms. The van der Waals surface area contributed by atoms with Crippen molar-refractivity contribution < 1.29 is 4.79 Å². The minimum Gasteiger partial charge on any atom is -0.383 e. The fourth-order valence-electron chi connectivity index (χ4n) is 1.84. The molecule has 0 saturated carbocycles. The topological polar surface area (TPSA) is 80.9 Å². The summed E-state index contributed by atoms with van der Waals surface area (Å²) >= 11 is 3.27. The number of nitrogens with one attached hydrogen (secondary N) is 1. The van der Waals surface area contributed by atoms with Crippen LogP contribution >= 0.6 is 15.9 Å². The Morgan fingerprint density at radius 3 is 3.00 bits per heavy atom. The Hall–Kier alpha value is -1.95. The van der Waals surface area contributed by atoms with Crippen LogP contribution in [-0.4, -0.2) is 15.9 Å². The Kier molecular flexibility index (Phi) is 4.68. The number of anilines is 1. The van der Waals surface area contributed by atoms with Crippen LogP contribution in [0.15, 0.2) is 35.1 Å². The number of amides is 1. The normalized spacial score (nSPS) is 10.3. The lowest BCUT2D eigenvalue weighted by Gasteiger charge is -2.09. The Morgan fingerprint density at radius 2 is 2.25 bits per heavy atom. The van der Waals surface area contributed by atoms with Gasteiger partial charge in [0.25, 0.3) is 5.91 Å². The summed E-state index contributed by atoms with van der Waals surface area (Å²) < 4.78 is 0.712. The average Bonchev–Trinajstić information content (AvgIpc) is 2.47. The zero-order valence-electron chi connectivity index (χ0n) is 11.1. The predicted octanol–water partition coefficient (Wildman–Crippen LogP) is 2.31. The van der Waals surface area contributed by atoms with Crippen LogP contribution < -0.4 is 11.1 Å². The van der Waals surface area contributed by atoms with Crippen molar-refractivity contribution in [2.75, 3.05) is 5.73 Å².